The largest absolute Gasteiger partial charge is 0.256 e. The first kappa shape index (κ1) is 20.5. The third-order valence-corrected chi connectivity index (χ3v) is 8.89. The van der Waals surface area contributed by atoms with E-state index in [4.69, 9.17) is 0 Å². The molecular weight excluding hydrogens is 424 g/mol. The lowest BCUT2D eigenvalue weighted by molar-refractivity contribution is -0.733. The molecule has 4 aromatic heterocycles. The van der Waals surface area contributed by atoms with Gasteiger partial charge in [-0.1, -0.05) is 12.1 Å². The van der Waals surface area contributed by atoms with Gasteiger partial charge in [-0.25, -0.2) is 9.13 Å². The van der Waals surface area contributed by atoms with Crippen molar-refractivity contribution in [2.75, 3.05) is 0 Å². The normalized spacial score (nSPS) is 24.4. The first-order valence-electron chi connectivity index (χ1n) is 11.8. The summed E-state index contributed by atoms with van der Waals surface area (Å²) in [5.74, 6) is 0. The summed E-state index contributed by atoms with van der Waals surface area (Å²) in [6.07, 6.45) is 17.8. The molecule has 2 aliphatic heterocycles. The van der Waals surface area contributed by atoms with Gasteiger partial charge in [0.2, 0.25) is 0 Å². The third kappa shape index (κ3) is 4.18. The Hall–Kier alpha value is -3.05. The molecule has 0 amide bonds. The van der Waals surface area contributed by atoms with Crippen molar-refractivity contribution in [3.05, 3.63) is 97.8 Å². The van der Waals surface area contributed by atoms with Crippen LogP contribution in [0.25, 0.3) is 22.5 Å². The SMILES string of the molecule is c1ccc(-c2cc[n+]([C@@H]3CC[C@H]4S[C@@H]3CC[C@H]4[n+]3ccc(-c4ccccn4)cc3)cc2)nc1. The van der Waals surface area contributed by atoms with Crippen molar-refractivity contribution in [3.8, 4) is 22.5 Å². The van der Waals surface area contributed by atoms with E-state index in [1.54, 1.807) is 0 Å². The maximum Gasteiger partial charge on any atom is 0.170 e. The second-order valence-electron chi connectivity index (χ2n) is 9.00. The molecule has 2 saturated heterocycles. The Labute approximate surface area is 199 Å². The Kier molecular flexibility index (Phi) is 5.64. The van der Waals surface area contributed by atoms with Gasteiger partial charge in [-0.05, 0) is 37.1 Å². The van der Waals surface area contributed by atoms with Gasteiger partial charge in [-0.2, -0.15) is 0 Å². The van der Waals surface area contributed by atoms with Gasteiger partial charge in [0.1, 0.15) is 0 Å². The van der Waals surface area contributed by atoms with Crippen LogP contribution >= 0.6 is 11.8 Å². The van der Waals surface area contributed by atoms with Crippen molar-refractivity contribution in [2.24, 2.45) is 0 Å². The molecule has 4 nitrogen and oxygen atoms in total. The predicted molar refractivity (Wildman–Crippen MR) is 131 cm³/mol. The summed E-state index contributed by atoms with van der Waals surface area (Å²) in [4.78, 5) is 8.96. The van der Waals surface area contributed by atoms with Crippen molar-refractivity contribution in [1.82, 2.24) is 9.97 Å². The van der Waals surface area contributed by atoms with Crippen LogP contribution in [0.1, 0.15) is 37.8 Å². The van der Waals surface area contributed by atoms with Crippen LogP contribution < -0.4 is 9.13 Å². The number of fused-ring (bicyclic) bond motifs is 2. The molecule has 2 bridgehead atoms. The van der Waals surface area contributed by atoms with E-state index >= 15 is 0 Å². The molecular formula is C28H28N4S+2. The standard InChI is InChI=1S/C28H28N4S/c1-3-15-29-23(5-1)21-11-17-31(18-12-21)25-7-9-28-26(8-10-27(25)33-28)32-19-13-22(14-20-32)24-6-2-4-16-30-24/h1-6,11-20,25-28H,7-10H2/q+2/t25-,26-,27-,28-/m1/s1. The van der Waals surface area contributed by atoms with Gasteiger partial charge in [0.25, 0.3) is 0 Å². The molecule has 4 atom stereocenters. The molecule has 0 spiro atoms. The number of pyridine rings is 4. The lowest BCUT2D eigenvalue weighted by Crippen LogP contribution is -2.54. The molecule has 0 saturated carbocycles. The second kappa shape index (κ2) is 9.06. The fraction of sp³-hybridized carbons (Fsp3) is 0.286. The highest BCUT2D eigenvalue weighted by molar-refractivity contribution is 8.00. The third-order valence-electron chi connectivity index (χ3n) is 7.09. The van der Waals surface area contributed by atoms with Crippen LogP contribution in [0.2, 0.25) is 0 Å². The van der Waals surface area contributed by atoms with Crippen LogP contribution in [0.5, 0.6) is 0 Å². The van der Waals surface area contributed by atoms with E-state index < -0.39 is 0 Å². The van der Waals surface area contributed by atoms with Crippen LogP contribution in [-0.2, 0) is 0 Å². The Morgan fingerprint density at radius 1 is 0.576 bits per heavy atom. The van der Waals surface area contributed by atoms with Crippen LogP contribution in [0, 0.1) is 0 Å². The molecule has 0 unspecified atom stereocenters. The minimum absolute atomic E-state index is 0.585. The quantitative estimate of drug-likeness (QED) is 0.398. The molecule has 0 aromatic carbocycles. The highest BCUT2D eigenvalue weighted by Crippen LogP contribution is 2.47. The van der Waals surface area contributed by atoms with Crippen molar-refractivity contribution < 1.29 is 9.13 Å². The zero-order valence-electron chi connectivity index (χ0n) is 18.6. The van der Waals surface area contributed by atoms with E-state index in [1.165, 1.54) is 36.8 Å². The summed E-state index contributed by atoms with van der Waals surface area (Å²) in [6, 6.07) is 22.2. The molecule has 2 aliphatic rings. The molecule has 0 radical (unpaired) electrons. The maximum atomic E-state index is 4.48. The zero-order chi connectivity index (χ0) is 22.0. The smallest absolute Gasteiger partial charge is 0.170 e. The Morgan fingerprint density at radius 2 is 1.03 bits per heavy atom. The summed E-state index contributed by atoms with van der Waals surface area (Å²) in [6.45, 7) is 0. The highest BCUT2D eigenvalue weighted by atomic mass is 32.2. The van der Waals surface area contributed by atoms with E-state index in [0.29, 0.717) is 22.6 Å². The zero-order valence-corrected chi connectivity index (χ0v) is 19.4. The lowest BCUT2D eigenvalue weighted by Gasteiger charge is -2.38. The summed E-state index contributed by atoms with van der Waals surface area (Å²) in [7, 11) is 0. The minimum Gasteiger partial charge on any atom is -0.256 e. The first-order chi connectivity index (χ1) is 16.3. The number of thioether (sulfide) groups is 1. The number of aromatic nitrogens is 4. The van der Waals surface area contributed by atoms with E-state index in [0.717, 1.165) is 11.4 Å². The van der Waals surface area contributed by atoms with Crippen LogP contribution in [-0.4, -0.2) is 20.5 Å². The first-order valence-corrected chi connectivity index (χ1v) is 12.8. The molecule has 164 valence electrons. The number of rotatable bonds is 4. The lowest BCUT2D eigenvalue weighted by atomic mass is 9.91. The van der Waals surface area contributed by atoms with Crippen molar-refractivity contribution in [2.45, 2.75) is 48.3 Å². The van der Waals surface area contributed by atoms with Gasteiger partial charge in [0, 0.05) is 60.6 Å². The van der Waals surface area contributed by atoms with Crippen molar-refractivity contribution in [1.29, 1.82) is 0 Å². The number of hydrogen-bond donors (Lipinski definition) is 0. The number of nitrogens with zero attached hydrogens (tertiary/aromatic N) is 4. The fourth-order valence-corrected chi connectivity index (χ4v) is 7.29. The average Bonchev–Trinajstić information content (AvgIpc) is 2.90. The van der Waals surface area contributed by atoms with Crippen molar-refractivity contribution >= 4 is 11.8 Å². The molecule has 2 fully saturated rings. The monoisotopic (exact) mass is 452 g/mol. The predicted octanol–water partition coefficient (Wildman–Crippen LogP) is 5.23. The van der Waals surface area contributed by atoms with E-state index in [9.17, 15) is 0 Å². The molecule has 4 aromatic rings. The summed E-state index contributed by atoms with van der Waals surface area (Å²) >= 11 is 2.21. The summed E-state index contributed by atoms with van der Waals surface area (Å²) < 4.78 is 4.88. The summed E-state index contributed by atoms with van der Waals surface area (Å²) in [5.41, 5.74) is 4.44. The summed E-state index contributed by atoms with van der Waals surface area (Å²) in [5, 5.41) is 1.39. The molecule has 33 heavy (non-hydrogen) atoms. The molecule has 6 heterocycles. The second-order valence-corrected chi connectivity index (χ2v) is 10.5. The van der Waals surface area contributed by atoms with Gasteiger partial charge in [-0.3, -0.25) is 9.97 Å². The molecule has 0 N–H and O–H groups in total. The van der Waals surface area contributed by atoms with Gasteiger partial charge in [0.15, 0.2) is 36.9 Å². The minimum atomic E-state index is 0.585. The Bertz CT molecular complexity index is 1100. The van der Waals surface area contributed by atoms with Gasteiger partial charge >= 0.3 is 0 Å². The van der Waals surface area contributed by atoms with Crippen LogP contribution in [0.15, 0.2) is 97.8 Å². The van der Waals surface area contributed by atoms with Crippen LogP contribution in [0.3, 0.4) is 0 Å². The topological polar surface area (TPSA) is 33.5 Å². The van der Waals surface area contributed by atoms with Crippen LogP contribution in [0.4, 0.5) is 0 Å². The number of hydrogen-bond acceptors (Lipinski definition) is 3. The van der Waals surface area contributed by atoms with Crippen molar-refractivity contribution in [3.63, 3.8) is 0 Å². The van der Waals surface area contributed by atoms with E-state index in [2.05, 4.69) is 92.0 Å². The molecule has 0 aliphatic carbocycles. The van der Waals surface area contributed by atoms with E-state index in [1.807, 2.05) is 36.7 Å². The Morgan fingerprint density at radius 3 is 1.42 bits per heavy atom. The van der Waals surface area contributed by atoms with Gasteiger partial charge in [-0.15, -0.1) is 11.8 Å². The van der Waals surface area contributed by atoms with E-state index in [-0.39, 0.29) is 0 Å². The highest BCUT2D eigenvalue weighted by Gasteiger charge is 2.46. The average molecular weight is 453 g/mol. The van der Waals surface area contributed by atoms with Gasteiger partial charge in [0.05, 0.1) is 21.9 Å². The maximum absolute atomic E-state index is 4.48. The Balaban J connectivity index is 1.14. The molecule has 5 heteroatoms. The van der Waals surface area contributed by atoms with Gasteiger partial charge < -0.3 is 0 Å². The fourth-order valence-electron chi connectivity index (χ4n) is 5.38. The molecule has 6 rings (SSSR count).